The van der Waals surface area contributed by atoms with Gasteiger partial charge in [-0.15, -0.1) is 5.10 Å². The van der Waals surface area contributed by atoms with Gasteiger partial charge >= 0.3 is 0 Å². The number of β-amino-alcohol motifs (C(OH)–C–C–N with tert-alkyl or cyclic N) is 1. The normalized spacial score (nSPS) is 13.2. The van der Waals surface area contributed by atoms with Crippen molar-refractivity contribution in [3.05, 3.63) is 53.7 Å². The Balaban J connectivity index is 1.55. The maximum atomic E-state index is 10.4. The molecule has 2 heterocycles. The van der Waals surface area contributed by atoms with E-state index in [1.54, 1.807) is 28.9 Å². The van der Waals surface area contributed by atoms with Gasteiger partial charge in [-0.1, -0.05) is 18.2 Å². The molecule has 7 nitrogen and oxygen atoms in total. The number of aromatic nitrogens is 4. The van der Waals surface area contributed by atoms with Crippen molar-refractivity contribution < 1.29 is 10.2 Å². The van der Waals surface area contributed by atoms with Crippen molar-refractivity contribution in [1.82, 2.24) is 25.4 Å². The topological polar surface area (TPSA) is 95.6 Å². The summed E-state index contributed by atoms with van der Waals surface area (Å²) in [6.45, 7) is 4.64. The van der Waals surface area contributed by atoms with E-state index in [0.29, 0.717) is 12.2 Å². The van der Waals surface area contributed by atoms with Crippen LogP contribution in [0.5, 0.6) is 5.75 Å². The van der Waals surface area contributed by atoms with E-state index in [4.69, 9.17) is 0 Å². The lowest BCUT2D eigenvalue weighted by Crippen LogP contribution is -2.42. The molecular formula is C18H23N5O2. The van der Waals surface area contributed by atoms with Gasteiger partial charge in [-0.3, -0.25) is 0 Å². The van der Waals surface area contributed by atoms with Gasteiger partial charge in [0.05, 0.1) is 6.10 Å². The number of aromatic hydroxyl groups is 1. The Morgan fingerprint density at radius 1 is 1.24 bits per heavy atom. The number of hydrogen-bond acceptors (Lipinski definition) is 6. The first-order valence-electron chi connectivity index (χ1n) is 8.32. The van der Waals surface area contributed by atoms with E-state index < -0.39 is 6.10 Å². The fraction of sp³-hybridized carbons (Fsp3) is 0.389. The fourth-order valence-electron chi connectivity index (χ4n) is 2.70. The summed E-state index contributed by atoms with van der Waals surface area (Å²) in [5, 5.41) is 34.7. The molecule has 3 aromatic rings. The van der Waals surface area contributed by atoms with E-state index in [1.165, 1.54) is 0 Å². The summed E-state index contributed by atoms with van der Waals surface area (Å²) in [6.07, 6.45) is 2.83. The zero-order chi connectivity index (χ0) is 17.9. The predicted octanol–water partition coefficient (Wildman–Crippen LogP) is 1.86. The van der Waals surface area contributed by atoms with E-state index in [0.717, 1.165) is 24.0 Å². The van der Waals surface area contributed by atoms with Gasteiger partial charge < -0.3 is 15.5 Å². The van der Waals surface area contributed by atoms with Crippen molar-refractivity contribution in [2.24, 2.45) is 0 Å². The summed E-state index contributed by atoms with van der Waals surface area (Å²) in [7, 11) is 0. The monoisotopic (exact) mass is 341 g/mol. The molecule has 7 heteroatoms. The molecular weight excluding hydrogens is 318 g/mol. The van der Waals surface area contributed by atoms with Gasteiger partial charge in [0, 0.05) is 23.8 Å². The summed E-state index contributed by atoms with van der Waals surface area (Å²) >= 11 is 0. The number of aliphatic hydroxyl groups is 1. The molecule has 25 heavy (non-hydrogen) atoms. The van der Waals surface area contributed by atoms with Crippen LogP contribution in [0.1, 0.15) is 37.5 Å². The number of fused-ring (bicyclic) bond motifs is 1. The molecule has 0 saturated carbocycles. The Labute approximate surface area is 146 Å². The van der Waals surface area contributed by atoms with Crippen LogP contribution in [0.15, 0.2) is 42.6 Å². The fourth-order valence-corrected chi connectivity index (χ4v) is 2.70. The highest BCUT2D eigenvalue weighted by Crippen LogP contribution is 2.19. The third-order valence-electron chi connectivity index (χ3n) is 4.32. The molecule has 0 bridgehead atoms. The third kappa shape index (κ3) is 4.52. The summed E-state index contributed by atoms with van der Waals surface area (Å²) in [6, 6.07) is 10.9. The van der Waals surface area contributed by atoms with Gasteiger partial charge in [-0.05, 0) is 60.9 Å². The van der Waals surface area contributed by atoms with Crippen LogP contribution in [0.25, 0.3) is 5.65 Å². The number of pyridine rings is 1. The molecule has 2 aromatic heterocycles. The van der Waals surface area contributed by atoms with Gasteiger partial charge in [0.1, 0.15) is 5.75 Å². The van der Waals surface area contributed by atoms with Crippen molar-refractivity contribution >= 4 is 5.65 Å². The van der Waals surface area contributed by atoms with Crippen LogP contribution in [0.3, 0.4) is 0 Å². The van der Waals surface area contributed by atoms with Crippen LogP contribution in [0.4, 0.5) is 0 Å². The van der Waals surface area contributed by atoms with E-state index in [9.17, 15) is 10.2 Å². The minimum absolute atomic E-state index is 0.147. The summed E-state index contributed by atoms with van der Waals surface area (Å²) in [5.41, 5.74) is 2.36. The molecule has 3 rings (SSSR count). The van der Waals surface area contributed by atoms with E-state index >= 15 is 0 Å². The molecule has 0 aliphatic carbocycles. The smallest absolute Gasteiger partial charge is 0.179 e. The van der Waals surface area contributed by atoms with Crippen molar-refractivity contribution in [2.45, 2.75) is 38.3 Å². The Kier molecular flexibility index (Phi) is 4.96. The first-order chi connectivity index (χ1) is 11.9. The number of nitrogens with zero attached hydrogens (tertiary/aromatic N) is 4. The summed E-state index contributed by atoms with van der Waals surface area (Å²) in [4.78, 5) is 0. The number of phenols is 1. The average Bonchev–Trinajstić information content (AvgIpc) is 3.06. The van der Waals surface area contributed by atoms with Crippen molar-refractivity contribution in [2.75, 3.05) is 6.54 Å². The zero-order valence-corrected chi connectivity index (χ0v) is 14.4. The zero-order valence-electron chi connectivity index (χ0n) is 14.4. The number of nitrogens with one attached hydrogen (secondary N) is 1. The van der Waals surface area contributed by atoms with Gasteiger partial charge in [-0.25, -0.2) is 4.52 Å². The molecule has 0 aliphatic rings. The Bertz CT molecular complexity index is 846. The lowest BCUT2D eigenvalue weighted by molar-refractivity contribution is 0.158. The Hall–Kier alpha value is -2.51. The SMILES string of the molecule is CC(C)(CCc1cccc(O)c1)NC[C@H](O)c1ccc2nnnn2c1. The molecule has 3 N–H and O–H groups in total. The quantitative estimate of drug-likeness (QED) is 0.607. The van der Waals surface area contributed by atoms with Gasteiger partial charge in [-0.2, -0.15) is 0 Å². The minimum Gasteiger partial charge on any atom is -0.508 e. The number of tetrazole rings is 1. The maximum absolute atomic E-state index is 10.4. The van der Waals surface area contributed by atoms with E-state index in [2.05, 4.69) is 34.7 Å². The van der Waals surface area contributed by atoms with E-state index in [1.807, 2.05) is 18.2 Å². The highest BCUT2D eigenvalue weighted by atomic mass is 16.3. The van der Waals surface area contributed by atoms with Crippen LogP contribution in [-0.2, 0) is 6.42 Å². The van der Waals surface area contributed by atoms with Crippen LogP contribution in [-0.4, -0.2) is 42.3 Å². The van der Waals surface area contributed by atoms with Crippen LogP contribution in [0, 0.1) is 0 Å². The lowest BCUT2D eigenvalue weighted by Gasteiger charge is -2.28. The lowest BCUT2D eigenvalue weighted by atomic mass is 9.94. The second-order valence-electron chi connectivity index (χ2n) is 6.89. The number of aliphatic hydroxyl groups excluding tert-OH is 1. The Morgan fingerprint density at radius 2 is 2.08 bits per heavy atom. The van der Waals surface area contributed by atoms with Crippen molar-refractivity contribution in [1.29, 1.82) is 0 Å². The van der Waals surface area contributed by atoms with Crippen LogP contribution < -0.4 is 5.32 Å². The van der Waals surface area contributed by atoms with Gasteiger partial charge in [0.15, 0.2) is 5.65 Å². The molecule has 1 atom stereocenters. The molecule has 0 fully saturated rings. The molecule has 1 aromatic carbocycles. The van der Waals surface area contributed by atoms with Gasteiger partial charge in [0.25, 0.3) is 0 Å². The molecule has 132 valence electrons. The maximum Gasteiger partial charge on any atom is 0.179 e. The number of benzene rings is 1. The second-order valence-corrected chi connectivity index (χ2v) is 6.89. The second kappa shape index (κ2) is 7.16. The molecule has 0 amide bonds. The van der Waals surface area contributed by atoms with E-state index in [-0.39, 0.29) is 11.3 Å². The number of phenolic OH excluding ortho intramolecular Hbond substituents is 1. The van der Waals surface area contributed by atoms with Crippen molar-refractivity contribution in [3.8, 4) is 5.75 Å². The van der Waals surface area contributed by atoms with Crippen molar-refractivity contribution in [3.63, 3.8) is 0 Å². The average molecular weight is 341 g/mol. The Morgan fingerprint density at radius 3 is 2.88 bits per heavy atom. The molecule has 0 spiro atoms. The number of rotatable bonds is 7. The molecule has 0 aliphatic heterocycles. The first-order valence-corrected chi connectivity index (χ1v) is 8.32. The molecule has 0 radical (unpaired) electrons. The molecule has 0 unspecified atom stereocenters. The molecule has 0 saturated heterocycles. The van der Waals surface area contributed by atoms with Crippen LogP contribution >= 0.6 is 0 Å². The minimum atomic E-state index is -0.645. The number of aryl methyl sites for hydroxylation is 1. The number of hydrogen-bond donors (Lipinski definition) is 3. The summed E-state index contributed by atoms with van der Waals surface area (Å²) in [5.74, 6) is 0.289. The highest BCUT2D eigenvalue weighted by Gasteiger charge is 2.19. The standard InChI is InChI=1S/C18H23N5O2/c1-18(2,9-8-13-4-3-5-15(24)10-13)19-11-16(25)14-6-7-17-20-21-22-23(17)12-14/h3-7,10,12,16,19,24-25H,8-9,11H2,1-2H3/t16-/m0/s1. The largest absolute Gasteiger partial charge is 0.508 e. The summed E-state index contributed by atoms with van der Waals surface area (Å²) < 4.78 is 1.55. The van der Waals surface area contributed by atoms with Crippen LogP contribution in [0.2, 0.25) is 0 Å². The third-order valence-corrected chi connectivity index (χ3v) is 4.32. The predicted molar refractivity (Wildman–Crippen MR) is 94.3 cm³/mol. The van der Waals surface area contributed by atoms with Gasteiger partial charge in [0.2, 0.25) is 0 Å². The highest BCUT2D eigenvalue weighted by molar-refractivity contribution is 5.36. The first kappa shape index (κ1) is 17.3.